The summed E-state index contributed by atoms with van der Waals surface area (Å²) in [5.41, 5.74) is 1.63. The van der Waals surface area contributed by atoms with Gasteiger partial charge in [-0.3, -0.25) is 0 Å². The van der Waals surface area contributed by atoms with Gasteiger partial charge in [0.05, 0.1) is 19.4 Å². The monoisotopic (exact) mass is 355 g/mol. The number of benzene rings is 2. The Morgan fingerprint density at radius 1 is 1.00 bits per heavy atom. The summed E-state index contributed by atoms with van der Waals surface area (Å²) < 4.78 is 17.8. The summed E-state index contributed by atoms with van der Waals surface area (Å²) in [5.74, 6) is 1.56. The number of ether oxygens (including phenoxy) is 3. The Kier molecular flexibility index (Phi) is 5.70. The highest BCUT2D eigenvalue weighted by Gasteiger charge is 2.15. The normalized spacial score (nSPS) is 10.7. The molecule has 0 aliphatic carbocycles. The highest BCUT2D eigenvalue weighted by atomic mass is 16.5. The molecule has 0 radical (unpaired) electrons. The molecule has 0 bridgehead atoms. The maximum Gasteiger partial charge on any atom is 0.336 e. The number of phenols is 1. The van der Waals surface area contributed by atoms with Gasteiger partial charge in [0.1, 0.15) is 18.1 Å². The van der Waals surface area contributed by atoms with Crippen molar-refractivity contribution in [1.29, 1.82) is 0 Å². The molecule has 0 aliphatic rings. The fourth-order valence-corrected chi connectivity index (χ4v) is 2.39. The number of hydrogen-bond acceptors (Lipinski definition) is 6. The first-order valence-electron chi connectivity index (χ1n) is 8.32. The number of aromatic nitrogens is 3. The van der Waals surface area contributed by atoms with E-state index in [0.29, 0.717) is 25.6 Å². The smallest absolute Gasteiger partial charge is 0.336 e. The van der Waals surface area contributed by atoms with Crippen LogP contribution in [-0.4, -0.2) is 46.8 Å². The van der Waals surface area contributed by atoms with Crippen LogP contribution in [0.3, 0.4) is 0 Å². The zero-order valence-electron chi connectivity index (χ0n) is 14.8. The zero-order chi connectivity index (χ0) is 18.4. The summed E-state index contributed by atoms with van der Waals surface area (Å²) in [5, 5.41) is 14.0. The Morgan fingerprint density at radius 3 is 2.38 bits per heavy atom. The van der Waals surface area contributed by atoms with Crippen LogP contribution < -0.4 is 9.47 Å². The van der Waals surface area contributed by atoms with Gasteiger partial charge >= 0.3 is 6.01 Å². The molecule has 7 nitrogen and oxygen atoms in total. The molecule has 3 rings (SSSR count). The van der Waals surface area contributed by atoms with Crippen molar-refractivity contribution in [2.24, 2.45) is 0 Å². The summed E-state index contributed by atoms with van der Waals surface area (Å²) in [7, 11) is 1.62. The van der Waals surface area contributed by atoms with E-state index in [1.165, 1.54) is 0 Å². The number of methoxy groups -OCH3 is 1. The number of aromatic hydroxyl groups is 1. The minimum Gasteiger partial charge on any atom is -0.508 e. The molecule has 0 unspecified atom stereocenters. The maximum atomic E-state index is 9.52. The Morgan fingerprint density at radius 2 is 1.73 bits per heavy atom. The second-order valence-electron chi connectivity index (χ2n) is 5.42. The quantitative estimate of drug-likeness (QED) is 0.626. The molecule has 0 spiro atoms. The molecule has 0 saturated carbocycles. The van der Waals surface area contributed by atoms with Gasteiger partial charge in [0, 0.05) is 12.2 Å². The lowest BCUT2D eigenvalue weighted by atomic mass is 10.2. The first-order chi connectivity index (χ1) is 12.7. The van der Waals surface area contributed by atoms with Gasteiger partial charge in [0.25, 0.3) is 0 Å². The summed E-state index contributed by atoms with van der Waals surface area (Å²) in [4.78, 5) is 4.49. The molecule has 0 aliphatic heterocycles. The van der Waals surface area contributed by atoms with Crippen molar-refractivity contribution < 1.29 is 19.3 Å². The zero-order valence-corrected chi connectivity index (χ0v) is 14.8. The highest BCUT2D eigenvalue weighted by Crippen LogP contribution is 2.26. The van der Waals surface area contributed by atoms with Crippen LogP contribution in [-0.2, 0) is 4.74 Å². The van der Waals surface area contributed by atoms with Gasteiger partial charge < -0.3 is 19.3 Å². The average molecular weight is 355 g/mol. The van der Waals surface area contributed by atoms with Crippen LogP contribution in [0.25, 0.3) is 17.1 Å². The van der Waals surface area contributed by atoms with Crippen molar-refractivity contribution in [2.45, 2.75) is 6.92 Å². The van der Waals surface area contributed by atoms with Crippen molar-refractivity contribution in [1.82, 2.24) is 14.8 Å². The Hall–Kier alpha value is -3.06. The van der Waals surface area contributed by atoms with E-state index in [-0.39, 0.29) is 11.8 Å². The Labute approximate surface area is 151 Å². The van der Waals surface area contributed by atoms with E-state index in [2.05, 4.69) is 10.1 Å². The van der Waals surface area contributed by atoms with E-state index < -0.39 is 0 Å². The molecule has 3 aromatic rings. The molecule has 0 fully saturated rings. The van der Waals surface area contributed by atoms with Gasteiger partial charge in [-0.25, -0.2) is 4.68 Å². The van der Waals surface area contributed by atoms with Crippen molar-refractivity contribution in [3.8, 4) is 34.6 Å². The summed E-state index contributed by atoms with van der Waals surface area (Å²) in [6.45, 7) is 3.41. The minimum atomic E-state index is 0.192. The van der Waals surface area contributed by atoms with Gasteiger partial charge in [-0.1, -0.05) is 0 Å². The van der Waals surface area contributed by atoms with E-state index in [1.807, 2.05) is 31.2 Å². The molecular weight excluding hydrogens is 334 g/mol. The van der Waals surface area contributed by atoms with E-state index in [0.717, 1.165) is 17.0 Å². The molecule has 0 amide bonds. The van der Waals surface area contributed by atoms with Crippen LogP contribution in [0.1, 0.15) is 6.92 Å². The Bertz CT molecular complexity index is 829. The predicted molar refractivity (Wildman–Crippen MR) is 97.0 cm³/mol. The van der Waals surface area contributed by atoms with Gasteiger partial charge in [-0.05, 0) is 55.5 Å². The molecule has 1 N–H and O–H groups in total. The molecule has 0 atom stereocenters. The molecule has 2 aromatic carbocycles. The van der Waals surface area contributed by atoms with Gasteiger partial charge in [-0.2, -0.15) is 4.98 Å². The highest BCUT2D eigenvalue weighted by molar-refractivity contribution is 5.59. The maximum absolute atomic E-state index is 9.52. The third-order valence-corrected chi connectivity index (χ3v) is 3.69. The first kappa shape index (κ1) is 17.8. The molecule has 7 heteroatoms. The second-order valence-corrected chi connectivity index (χ2v) is 5.42. The Balaban J connectivity index is 1.93. The fourth-order valence-electron chi connectivity index (χ4n) is 2.39. The van der Waals surface area contributed by atoms with Gasteiger partial charge in [-0.15, -0.1) is 5.10 Å². The third kappa shape index (κ3) is 4.12. The lowest BCUT2D eigenvalue weighted by molar-refractivity contribution is 0.106. The van der Waals surface area contributed by atoms with Crippen molar-refractivity contribution in [3.05, 3.63) is 48.5 Å². The number of nitrogens with zero attached hydrogens (tertiary/aromatic N) is 3. The molecule has 136 valence electrons. The van der Waals surface area contributed by atoms with Crippen molar-refractivity contribution in [2.75, 3.05) is 26.9 Å². The molecule has 0 saturated heterocycles. The van der Waals surface area contributed by atoms with Crippen molar-refractivity contribution in [3.63, 3.8) is 0 Å². The molecule has 1 aromatic heterocycles. The topological polar surface area (TPSA) is 78.6 Å². The van der Waals surface area contributed by atoms with Crippen LogP contribution >= 0.6 is 0 Å². The minimum absolute atomic E-state index is 0.192. The van der Waals surface area contributed by atoms with E-state index in [9.17, 15) is 5.11 Å². The SMILES string of the molecule is CCOCCOc1nc(-c2ccc(O)cc2)n(-c2ccc(OC)cc2)n1. The predicted octanol–water partition coefficient (Wildman–Crippen LogP) is 3.06. The number of phenolic OH excluding ortho intramolecular Hbond substituents is 1. The van der Waals surface area contributed by atoms with Crippen LogP contribution in [0.2, 0.25) is 0 Å². The van der Waals surface area contributed by atoms with Gasteiger partial charge in [0.2, 0.25) is 0 Å². The fraction of sp³-hybridized carbons (Fsp3) is 0.263. The number of rotatable bonds is 8. The largest absolute Gasteiger partial charge is 0.508 e. The number of hydrogen-bond donors (Lipinski definition) is 1. The van der Waals surface area contributed by atoms with E-state index in [1.54, 1.807) is 36.1 Å². The first-order valence-corrected chi connectivity index (χ1v) is 8.32. The standard InChI is InChI=1S/C19H21N3O4/c1-3-25-12-13-26-19-20-18(14-4-8-16(23)9-5-14)22(21-19)15-6-10-17(24-2)11-7-15/h4-11,23H,3,12-13H2,1-2H3. The second kappa shape index (κ2) is 8.35. The van der Waals surface area contributed by atoms with Crippen LogP contribution in [0.5, 0.6) is 17.5 Å². The molecule has 26 heavy (non-hydrogen) atoms. The lowest BCUT2D eigenvalue weighted by Crippen LogP contribution is -2.07. The van der Waals surface area contributed by atoms with Crippen LogP contribution in [0, 0.1) is 0 Å². The van der Waals surface area contributed by atoms with Gasteiger partial charge in [0.15, 0.2) is 5.82 Å². The van der Waals surface area contributed by atoms with E-state index >= 15 is 0 Å². The van der Waals surface area contributed by atoms with Crippen molar-refractivity contribution >= 4 is 0 Å². The van der Waals surface area contributed by atoms with Crippen LogP contribution in [0.4, 0.5) is 0 Å². The summed E-state index contributed by atoms with van der Waals surface area (Å²) >= 11 is 0. The molecule has 1 heterocycles. The average Bonchev–Trinajstić information content (AvgIpc) is 3.10. The van der Waals surface area contributed by atoms with E-state index in [4.69, 9.17) is 14.2 Å². The summed E-state index contributed by atoms with van der Waals surface area (Å²) in [6.07, 6.45) is 0. The van der Waals surface area contributed by atoms with Crippen LogP contribution in [0.15, 0.2) is 48.5 Å². The summed E-state index contributed by atoms with van der Waals surface area (Å²) in [6, 6.07) is 14.5. The lowest BCUT2D eigenvalue weighted by Gasteiger charge is -2.07. The molecular formula is C19H21N3O4. The third-order valence-electron chi connectivity index (χ3n) is 3.69.